The van der Waals surface area contributed by atoms with Crippen LogP contribution in [0.3, 0.4) is 0 Å². The number of aromatic hydroxyl groups is 1. The van der Waals surface area contributed by atoms with E-state index in [0.29, 0.717) is 18.0 Å². The van der Waals surface area contributed by atoms with Crippen molar-refractivity contribution in [2.24, 2.45) is 5.73 Å². The Balaban J connectivity index is 1.84. The molecule has 2 aromatic carbocycles. The first kappa shape index (κ1) is 15.4. The van der Waals surface area contributed by atoms with E-state index in [1.54, 1.807) is 36.4 Å². The number of carbonyl (C=O) groups is 1. The Bertz CT molecular complexity index is 597. The van der Waals surface area contributed by atoms with Crippen molar-refractivity contribution in [1.29, 1.82) is 0 Å². The maximum Gasteiger partial charge on any atom is 0.237 e. The molecule has 5 heteroatoms. The molecule has 0 heterocycles. The Morgan fingerprint density at radius 1 is 1.10 bits per heavy atom. The lowest BCUT2D eigenvalue weighted by atomic mass is 10.1. The van der Waals surface area contributed by atoms with Crippen LogP contribution in [-0.4, -0.2) is 17.1 Å². The fourth-order valence-corrected chi connectivity index (χ4v) is 2.03. The molecule has 4 N–H and O–H groups in total. The zero-order valence-corrected chi connectivity index (χ0v) is 12.2. The number of rotatable bonds is 5. The van der Waals surface area contributed by atoms with Gasteiger partial charge in [-0.1, -0.05) is 35.9 Å². The van der Waals surface area contributed by atoms with Crippen LogP contribution in [0.25, 0.3) is 0 Å². The summed E-state index contributed by atoms with van der Waals surface area (Å²) < 4.78 is 0. The van der Waals surface area contributed by atoms with Crippen LogP contribution < -0.4 is 11.1 Å². The van der Waals surface area contributed by atoms with Crippen LogP contribution in [-0.2, 0) is 17.8 Å². The van der Waals surface area contributed by atoms with Gasteiger partial charge in [0.25, 0.3) is 0 Å². The lowest BCUT2D eigenvalue weighted by Gasteiger charge is -2.12. The summed E-state index contributed by atoms with van der Waals surface area (Å²) in [4.78, 5) is 11.9. The van der Waals surface area contributed by atoms with E-state index in [4.69, 9.17) is 17.3 Å². The number of hydrogen-bond acceptors (Lipinski definition) is 3. The smallest absolute Gasteiger partial charge is 0.237 e. The van der Waals surface area contributed by atoms with Gasteiger partial charge in [-0.3, -0.25) is 4.79 Å². The Morgan fingerprint density at radius 3 is 2.29 bits per heavy atom. The minimum atomic E-state index is -0.623. The second-order valence-corrected chi connectivity index (χ2v) is 5.26. The molecule has 0 aliphatic carbocycles. The van der Waals surface area contributed by atoms with E-state index in [2.05, 4.69) is 5.32 Å². The van der Waals surface area contributed by atoms with Crippen LogP contribution in [0.5, 0.6) is 5.75 Å². The van der Waals surface area contributed by atoms with Gasteiger partial charge in [0.2, 0.25) is 5.91 Å². The van der Waals surface area contributed by atoms with Crippen molar-refractivity contribution in [3.05, 3.63) is 64.7 Å². The number of halogens is 1. The van der Waals surface area contributed by atoms with E-state index in [1.165, 1.54) is 0 Å². The molecule has 2 rings (SSSR count). The van der Waals surface area contributed by atoms with Gasteiger partial charge in [0.15, 0.2) is 0 Å². The summed E-state index contributed by atoms with van der Waals surface area (Å²) >= 11 is 5.80. The number of nitrogens with two attached hydrogens (primary N) is 1. The molecule has 4 nitrogen and oxygen atoms in total. The molecule has 0 aromatic heterocycles. The minimum absolute atomic E-state index is 0.194. The molecule has 0 saturated heterocycles. The monoisotopic (exact) mass is 304 g/mol. The van der Waals surface area contributed by atoms with Crippen LogP contribution in [0, 0.1) is 0 Å². The normalized spacial score (nSPS) is 11.9. The number of phenols is 1. The first-order valence-corrected chi connectivity index (χ1v) is 6.98. The molecule has 0 spiro atoms. The van der Waals surface area contributed by atoms with E-state index >= 15 is 0 Å². The predicted octanol–water partition coefficient (Wildman–Crippen LogP) is 2.23. The topological polar surface area (TPSA) is 75.3 Å². The van der Waals surface area contributed by atoms with E-state index in [0.717, 1.165) is 11.1 Å². The molecular formula is C16H17ClN2O2. The second-order valence-electron chi connectivity index (χ2n) is 4.82. The van der Waals surface area contributed by atoms with E-state index in [9.17, 15) is 9.90 Å². The summed E-state index contributed by atoms with van der Waals surface area (Å²) in [5.74, 6) is -0.0162. The highest BCUT2D eigenvalue weighted by Gasteiger charge is 2.13. The van der Waals surface area contributed by atoms with Gasteiger partial charge in [0.05, 0.1) is 6.04 Å². The van der Waals surface area contributed by atoms with E-state index < -0.39 is 6.04 Å². The van der Waals surface area contributed by atoms with Crippen molar-refractivity contribution < 1.29 is 9.90 Å². The SMILES string of the molecule is NC(Cc1ccc(O)cc1)C(=O)NCc1ccc(Cl)cc1. The van der Waals surface area contributed by atoms with Crippen molar-refractivity contribution in [3.63, 3.8) is 0 Å². The first-order chi connectivity index (χ1) is 10.0. The largest absolute Gasteiger partial charge is 0.508 e. The van der Waals surface area contributed by atoms with Crippen molar-refractivity contribution in [3.8, 4) is 5.75 Å². The van der Waals surface area contributed by atoms with E-state index in [-0.39, 0.29) is 11.7 Å². The summed E-state index contributed by atoms with van der Waals surface area (Å²) in [6.07, 6.45) is 0.423. The number of amides is 1. The molecule has 1 atom stereocenters. The number of nitrogens with one attached hydrogen (secondary N) is 1. The molecule has 21 heavy (non-hydrogen) atoms. The summed E-state index contributed by atoms with van der Waals surface area (Å²) in [5.41, 5.74) is 7.75. The molecular weight excluding hydrogens is 288 g/mol. The highest BCUT2D eigenvalue weighted by Crippen LogP contribution is 2.11. The van der Waals surface area contributed by atoms with Crippen molar-refractivity contribution in [2.75, 3.05) is 0 Å². The molecule has 0 fully saturated rings. The summed E-state index contributed by atoms with van der Waals surface area (Å²) in [7, 11) is 0. The number of phenolic OH excluding ortho intramolecular Hbond substituents is 1. The van der Waals surface area contributed by atoms with Crippen LogP contribution >= 0.6 is 11.6 Å². The second kappa shape index (κ2) is 7.11. The Labute approximate surface area is 128 Å². The number of carbonyl (C=O) groups excluding carboxylic acids is 1. The average Bonchev–Trinajstić information content (AvgIpc) is 2.48. The van der Waals surface area contributed by atoms with Crippen molar-refractivity contribution in [2.45, 2.75) is 19.0 Å². The molecule has 1 amide bonds. The highest BCUT2D eigenvalue weighted by molar-refractivity contribution is 6.30. The predicted molar refractivity (Wildman–Crippen MR) is 83.1 cm³/mol. The molecule has 0 aliphatic rings. The Kier molecular flexibility index (Phi) is 5.20. The summed E-state index contributed by atoms with van der Waals surface area (Å²) in [6, 6.07) is 13.3. The Morgan fingerprint density at radius 2 is 1.67 bits per heavy atom. The minimum Gasteiger partial charge on any atom is -0.508 e. The first-order valence-electron chi connectivity index (χ1n) is 6.60. The fourth-order valence-electron chi connectivity index (χ4n) is 1.90. The zero-order valence-electron chi connectivity index (χ0n) is 11.4. The Hall–Kier alpha value is -2.04. The van der Waals surface area contributed by atoms with Gasteiger partial charge in [-0.15, -0.1) is 0 Å². The van der Waals surface area contributed by atoms with Crippen molar-refractivity contribution in [1.82, 2.24) is 5.32 Å². The standard InChI is InChI=1S/C16H17ClN2O2/c17-13-5-1-12(2-6-13)10-19-16(21)15(18)9-11-3-7-14(20)8-4-11/h1-8,15,20H,9-10,18H2,(H,19,21). The van der Waals surface area contributed by atoms with Gasteiger partial charge in [-0.25, -0.2) is 0 Å². The van der Waals surface area contributed by atoms with Crippen LogP contribution in [0.1, 0.15) is 11.1 Å². The van der Waals surface area contributed by atoms with Gasteiger partial charge in [0, 0.05) is 11.6 Å². The lowest BCUT2D eigenvalue weighted by molar-refractivity contribution is -0.122. The quantitative estimate of drug-likeness (QED) is 0.793. The third kappa shape index (κ3) is 4.77. The van der Waals surface area contributed by atoms with E-state index in [1.807, 2.05) is 12.1 Å². The van der Waals surface area contributed by atoms with Gasteiger partial charge >= 0.3 is 0 Å². The third-order valence-electron chi connectivity index (χ3n) is 3.11. The molecule has 110 valence electrons. The number of benzene rings is 2. The summed E-state index contributed by atoms with van der Waals surface area (Å²) in [5, 5.41) is 12.7. The molecule has 0 radical (unpaired) electrons. The lowest BCUT2D eigenvalue weighted by Crippen LogP contribution is -2.41. The average molecular weight is 305 g/mol. The van der Waals surface area contributed by atoms with Gasteiger partial charge in [-0.05, 0) is 41.8 Å². The molecule has 0 bridgehead atoms. The van der Waals surface area contributed by atoms with Crippen LogP contribution in [0.2, 0.25) is 5.02 Å². The fraction of sp³-hybridized carbons (Fsp3) is 0.188. The summed E-state index contributed by atoms with van der Waals surface area (Å²) in [6.45, 7) is 0.416. The van der Waals surface area contributed by atoms with Crippen LogP contribution in [0.4, 0.5) is 0 Å². The molecule has 0 aliphatic heterocycles. The van der Waals surface area contributed by atoms with Gasteiger partial charge in [0.1, 0.15) is 5.75 Å². The zero-order chi connectivity index (χ0) is 15.2. The van der Waals surface area contributed by atoms with Crippen LogP contribution in [0.15, 0.2) is 48.5 Å². The molecule has 2 aromatic rings. The van der Waals surface area contributed by atoms with Crippen molar-refractivity contribution >= 4 is 17.5 Å². The molecule has 0 saturated carbocycles. The van der Waals surface area contributed by atoms with Gasteiger partial charge < -0.3 is 16.2 Å². The maximum absolute atomic E-state index is 11.9. The maximum atomic E-state index is 11.9. The third-order valence-corrected chi connectivity index (χ3v) is 3.36. The highest BCUT2D eigenvalue weighted by atomic mass is 35.5. The molecule has 1 unspecified atom stereocenters. The van der Waals surface area contributed by atoms with Gasteiger partial charge in [-0.2, -0.15) is 0 Å². The number of hydrogen-bond donors (Lipinski definition) is 3.